The second kappa shape index (κ2) is 7.11. The van der Waals surface area contributed by atoms with Crippen molar-refractivity contribution >= 4 is 11.1 Å². The van der Waals surface area contributed by atoms with Gasteiger partial charge in [0.1, 0.15) is 11.5 Å². The van der Waals surface area contributed by atoms with Gasteiger partial charge in [0.25, 0.3) is 0 Å². The van der Waals surface area contributed by atoms with Crippen LogP contribution in [-0.4, -0.2) is 9.32 Å². The van der Waals surface area contributed by atoms with Gasteiger partial charge in [-0.05, 0) is 53.9 Å². The van der Waals surface area contributed by atoms with E-state index in [1.807, 2.05) is 42.5 Å². The average molecular weight is 324 g/mol. The van der Waals surface area contributed by atoms with Crippen LogP contribution in [0.1, 0.15) is 11.1 Å². The lowest BCUT2D eigenvalue weighted by atomic mass is 10.1. The summed E-state index contributed by atoms with van der Waals surface area (Å²) >= 11 is -1.60. The first-order chi connectivity index (χ1) is 11.2. The highest BCUT2D eigenvalue weighted by molar-refractivity contribution is 7.80. The van der Waals surface area contributed by atoms with Crippen LogP contribution in [0, 0.1) is 0 Å². The fourth-order valence-electron chi connectivity index (χ4n) is 2.19. The van der Waals surface area contributed by atoms with Crippen LogP contribution in [0.5, 0.6) is 11.5 Å². The first-order valence-electron chi connectivity index (χ1n) is 7.23. The zero-order chi connectivity index (χ0) is 16.1. The van der Waals surface area contributed by atoms with Crippen LogP contribution < -0.4 is 4.18 Å². The molecule has 0 heterocycles. The maximum Gasteiger partial charge on any atom is 0.240 e. The van der Waals surface area contributed by atoms with E-state index in [1.54, 1.807) is 12.1 Å². The fourth-order valence-corrected chi connectivity index (χ4v) is 2.93. The lowest BCUT2D eigenvalue weighted by molar-refractivity contribution is 0.474. The van der Waals surface area contributed by atoms with Crippen LogP contribution in [0.25, 0.3) is 0 Å². The molecule has 4 heteroatoms. The van der Waals surface area contributed by atoms with Gasteiger partial charge >= 0.3 is 0 Å². The molecule has 0 amide bonds. The third kappa shape index (κ3) is 4.20. The molecule has 0 fully saturated rings. The van der Waals surface area contributed by atoms with E-state index in [4.69, 9.17) is 4.18 Å². The van der Waals surface area contributed by atoms with Crippen molar-refractivity contribution < 1.29 is 13.5 Å². The Morgan fingerprint density at radius 1 is 0.783 bits per heavy atom. The molecular formula is C19H16O3S. The molecule has 0 aliphatic rings. The molecule has 1 atom stereocenters. The van der Waals surface area contributed by atoms with E-state index in [2.05, 4.69) is 12.1 Å². The fraction of sp³-hybridized carbons (Fsp3) is 0.0526. The lowest BCUT2D eigenvalue weighted by Gasteiger charge is -2.06. The number of phenols is 1. The standard InChI is InChI=1S/C19H16O3S/c20-17-8-12-19(13-9-17)23(21)22-18-10-6-16(7-11-18)14-15-4-2-1-3-5-15/h1-13,20H,14H2. The molecule has 3 aromatic rings. The molecule has 0 aliphatic carbocycles. The highest BCUT2D eigenvalue weighted by Crippen LogP contribution is 2.19. The Kier molecular flexibility index (Phi) is 4.74. The zero-order valence-corrected chi connectivity index (χ0v) is 13.2. The summed E-state index contributed by atoms with van der Waals surface area (Å²) in [6, 6.07) is 23.9. The van der Waals surface area contributed by atoms with E-state index in [9.17, 15) is 9.32 Å². The Labute approximate surface area is 137 Å². The van der Waals surface area contributed by atoms with Crippen molar-refractivity contribution in [3.05, 3.63) is 90.0 Å². The summed E-state index contributed by atoms with van der Waals surface area (Å²) in [6.07, 6.45) is 0.849. The maximum atomic E-state index is 12.1. The second-order valence-corrected chi connectivity index (χ2v) is 6.23. The minimum Gasteiger partial charge on any atom is -0.508 e. The number of hydrogen-bond donors (Lipinski definition) is 1. The van der Waals surface area contributed by atoms with Crippen LogP contribution in [0.4, 0.5) is 0 Å². The Bertz CT molecular complexity index is 781. The van der Waals surface area contributed by atoms with Gasteiger partial charge in [0.05, 0.1) is 4.90 Å². The van der Waals surface area contributed by atoms with Gasteiger partial charge in [0, 0.05) is 0 Å². The normalized spacial score (nSPS) is 11.8. The Morgan fingerprint density at radius 3 is 2.04 bits per heavy atom. The van der Waals surface area contributed by atoms with E-state index in [0.29, 0.717) is 10.6 Å². The molecule has 0 spiro atoms. The van der Waals surface area contributed by atoms with Gasteiger partial charge in [0.15, 0.2) is 0 Å². The molecule has 0 radical (unpaired) electrons. The van der Waals surface area contributed by atoms with Crippen LogP contribution in [0.15, 0.2) is 83.8 Å². The third-order valence-electron chi connectivity index (χ3n) is 3.38. The van der Waals surface area contributed by atoms with Crippen LogP contribution in [0.2, 0.25) is 0 Å². The molecule has 0 aromatic heterocycles. The Hall–Kier alpha value is -2.59. The highest BCUT2D eigenvalue weighted by Gasteiger charge is 2.07. The summed E-state index contributed by atoms with van der Waals surface area (Å²) in [4.78, 5) is 0.510. The van der Waals surface area contributed by atoms with Crippen LogP contribution >= 0.6 is 0 Å². The number of benzene rings is 3. The lowest BCUT2D eigenvalue weighted by Crippen LogP contribution is -2.00. The van der Waals surface area contributed by atoms with Crippen LogP contribution in [-0.2, 0) is 17.5 Å². The van der Waals surface area contributed by atoms with Gasteiger partial charge in [-0.1, -0.05) is 42.5 Å². The second-order valence-electron chi connectivity index (χ2n) is 5.12. The van der Waals surface area contributed by atoms with E-state index in [-0.39, 0.29) is 5.75 Å². The third-order valence-corrected chi connectivity index (χ3v) is 4.38. The van der Waals surface area contributed by atoms with Crippen molar-refractivity contribution in [1.29, 1.82) is 0 Å². The quantitative estimate of drug-likeness (QED) is 0.769. The molecule has 3 rings (SSSR count). The maximum absolute atomic E-state index is 12.1. The first-order valence-corrected chi connectivity index (χ1v) is 8.30. The zero-order valence-electron chi connectivity index (χ0n) is 12.4. The monoisotopic (exact) mass is 324 g/mol. The summed E-state index contributed by atoms with van der Waals surface area (Å²) < 4.78 is 17.5. The van der Waals surface area contributed by atoms with Gasteiger partial charge in [-0.15, -0.1) is 0 Å². The summed E-state index contributed by atoms with van der Waals surface area (Å²) in [5.41, 5.74) is 2.41. The molecule has 0 saturated heterocycles. The molecular weight excluding hydrogens is 308 g/mol. The summed E-state index contributed by atoms with van der Waals surface area (Å²) in [5, 5.41) is 9.24. The summed E-state index contributed by atoms with van der Waals surface area (Å²) in [6.45, 7) is 0. The predicted molar refractivity (Wildman–Crippen MR) is 90.8 cm³/mol. The van der Waals surface area contributed by atoms with E-state index < -0.39 is 11.1 Å². The minimum absolute atomic E-state index is 0.135. The molecule has 0 bridgehead atoms. The van der Waals surface area contributed by atoms with Crippen molar-refractivity contribution in [2.24, 2.45) is 0 Å². The largest absolute Gasteiger partial charge is 0.508 e. The molecule has 1 unspecified atom stereocenters. The van der Waals surface area contributed by atoms with Crippen molar-refractivity contribution in [3.63, 3.8) is 0 Å². The van der Waals surface area contributed by atoms with E-state index in [0.717, 1.165) is 6.42 Å². The van der Waals surface area contributed by atoms with Crippen LogP contribution in [0.3, 0.4) is 0 Å². The summed E-state index contributed by atoms with van der Waals surface area (Å²) in [7, 11) is 0. The van der Waals surface area contributed by atoms with Crippen molar-refractivity contribution in [2.45, 2.75) is 11.3 Å². The average Bonchev–Trinajstić information content (AvgIpc) is 2.58. The van der Waals surface area contributed by atoms with Crippen molar-refractivity contribution in [2.75, 3.05) is 0 Å². The van der Waals surface area contributed by atoms with Gasteiger partial charge in [-0.3, -0.25) is 0 Å². The molecule has 116 valence electrons. The molecule has 0 aliphatic heterocycles. The Balaban J connectivity index is 1.65. The van der Waals surface area contributed by atoms with Crippen molar-refractivity contribution in [3.8, 4) is 11.5 Å². The molecule has 3 nitrogen and oxygen atoms in total. The number of rotatable bonds is 5. The Morgan fingerprint density at radius 2 is 1.39 bits per heavy atom. The predicted octanol–water partition coefficient (Wildman–Crippen LogP) is 4.08. The smallest absolute Gasteiger partial charge is 0.240 e. The SMILES string of the molecule is O=S(Oc1ccc(Cc2ccccc2)cc1)c1ccc(O)cc1. The number of hydrogen-bond acceptors (Lipinski definition) is 3. The number of phenolic OH excluding ortho intramolecular Hbond substituents is 1. The molecule has 23 heavy (non-hydrogen) atoms. The first kappa shape index (κ1) is 15.3. The van der Waals surface area contributed by atoms with Crippen molar-refractivity contribution in [1.82, 2.24) is 0 Å². The van der Waals surface area contributed by atoms with E-state index >= 15 is 0 Å². The minimum atomic E-state index is -1.60. The van der Waals surface area contributed by atoms with Gasteiger partial charge in [-0.25, -0.2) is 4.21 Å². The topological polar surface area (TPSA) is 46.5 Å². The molecule has 0 saturated carbocycles. The molecule has 1 N–H and O–H groups in total. The highest BCUT2D eigenvalue weighted by atomic mass is 32.2. The van der Waals surface area contributed by atoms with Gasteiger partial charge < -0.3 is 9.29 Å². The molecule has 3 aromatic carbocycles. The summed E-state index contributed by atoms with van der Waals surface area (Å²) in [5.74, 6) is 0.684. The number of aromatic hydroxyl groups is 1. The van der Waals surface area contributed by atoms with Gasteiger partial charge in [-0.2, -0.15) is 0 Å². The van der Waals surface area contributed by atoms with Gasteiger partial charge in [0.2, 0.25) is 11.1 Å². The van der Waals surface area contributed by atoms with E-state index in [1.165, 1.54) is 23.3 Å².